The number of aliphatic carboxylic acids is 1. The van der Waals surface area contributed by atoms with Crippen molar-refractivity contribution < 1.29 is 19.4 Å². The molecule has 0 spiro atoms. The van der Waals surface area contributed by atoms with Crippen LogP contribution < -0.4 is 0 Å². The topological polar surface area (TPSA) is 63.6 Å². The summed E-state index contributed by atoms with van der Waals surface area (Å²) in [7, 11) is 0. The summed E-state index contributed by atoms with van der Waals surface area (Å²) in [4.78, 5) is 24.2. The maximum Gasteiger partial charge on any atom is 0.322 e. The summed E-state index contributed by atoms with van der Waals surface area (Å²) >= 11 is 9.14. The number of esters is 1. The third-order valence-corrected chi connectivity index (χ3v) is 6.48. The minimum absolute atomic E-state index is 0.583. The van der Waals surface area contributed by atoms with Crippen molar-refractivity contribution in [2.24, 2.45) is 5.92 Å². The zero-order chi connectivity index (χ0) is 19.7. The van der Waals surface area contributed by atoms with E-state index < -0.39 is 28.2 Å². The summed E-state index contributed by atoms with van der Waals surface area (Å²) in [5.41, 5.74) is 0.352. The highest BCUT2D eigenvalue weighted by Gasteiger charge is 2.44. The van der Waals surface area contributed by atoms with Crippen LogP contribution in [0.25, 0.3) is 10.1 Å². The molecule has 142 valence electrons. The smallest absolute Gasteiger partial charge is 0.322 e. The molecule has 0 amide bonds. The molecule has 1 aromatic carbocycles. The Morgan fingerprint density at radius 1 is 1.27 bits per heavy atom. The van der Waals surface area contributed by atoms with Crippen LogP contribution in [-0.2, 0) is 20.1 Å². The highest BCUT2D eigenvalue weighted by Crippen LogP contribution is 2.39. The van der Waals surface area contributed by atoms with E-state index in [9.17, 15) is 14.7 Å². The van der Waals surface area contributed by atoms with Crippen LogP contribution in [0.1, 0.15) is 40.2 Å². The molecular formula is C19H23ClO4S2. The van der Waals surface area contributed by atoms with Gasteiger partial charge in [-0.05, 0) is 69.1 Å². The Hall–Kier alpha value is -1.24. The van der Waals surface area contributed by atoms with Crippen molar-refractivity contribution in [3.63, 3.8) is 0 Å². The molecule has 0 saturated carbocycles. The van der Waals surface area contributed by atoms with Gasteiger partial charge in [0.1, 0.15) is 5.60 Å². The van der Waals surface area contributed by atoms with Gasteiger partial charge in [0.2, 0.25) is 0 Å². The Balaban J connectivity index is 2.20. The first-order chi connectivity index (χ1) is 11.9. The van der Waals surface area contributed by atoms with Gasteiger partial charge in [0.05, 0.1) is 0 Å². The van der Waals surface area contributed by atoms with Gasteiger partial charge in [0.25, 0.3) is 0 Å². The highest BCUT2D eigenvalue weighted by molar-refractivity contribution is 7.99. The minimum atomic E-state index is -1.25. The second-order valence-electron chi connectivity index (χ2n) is 7.60. The lowest BCUT2D eigenvalue weighted by atomic mass is 9.94. The number of halogens is 1. The number of carbonyl (C=O) groups excluding carboxylic acids is 1. The van der Waals surface area contributed by atoms with E-state index in [0.717, 1.165) is 15.6 Å². The maximum absolute atomic E-state index is 12.4. The molecule has 0 saturated heterocycles. The van der Waals surface area contributed by atoms with Crippen molar-refractivity contribution in [1.29, 1.82) is 0 Å². The van der Waals surface area contributed by atoms with Crippen LogP contribution in [0.15, 0.2) is 23.6 Å². The van der Waals surface area contributed by atoms with E-state index in [4.69, 9.17) is 16.3 Å². The number of ether oxygens (including phenoxy) is 1. The van der Waals surface area contributed by atoms with Crippen molar-refractivity contribution in [2.45, 2.75) is 50.7 Å². The van der Waals surface area contributed by atoms with Crippen LogP contribution in [0.3, 0.4) is 0 Å². The van der Waals surface area contributed by atoms with Crippen LogP contribution in [0.2, 0.25) is 5.02 Å². The third kappa shape index (κ3) is 5.15. The fourth-order valence-electron chi connectivity index (χ4n) is 2.56. The first kappa shape index (κ1) is 21.1. The molecule has 0 aliphatic rings. The molecule has 2 aromatic rings. The van der Waals surface area contributed by atoms with Crippen LogP contribution >= 0.6 is 34.7 Å². The molecule has 0 aliphatic heterocycles. The fourth-order valence-corrected chi connectivity index (χ4v) is 4.91. The number of carboxylic acid groups (broad SMARTS) is 1. The summed E-state index contributed by atoms with van der Waals surface area (Å²) in [5, 5.41) is 13.4. The van der Waals surface area contributed by atoms with Gasteiger partial charge in [-0.3, -0.25) is 9.59 Å². The van der Waals surface area contributed by atoms with Crippen LogP contribution in [0, 0.1) is 5.92 Å². The largest absolute Gasteiger partial charge is 0.481 e. The average Bonchev–Trinajstić information content (AvgIpc) is 2.84. The van der Waals surface area contributed by atoms with Crippen molar-refractivity contribution in [1.82, 2.24) is 0 Å². The second-order valence-corrected chi connectivity index (χ2v) is 10.6. The van der Waals surface area contributed by atoms with Crippen molar-refractivity contribution in [3.05, 3.63) is 34.2 Å². The highest BCUT2D eigenvalue weighted by atomic mass is 35.5. The first-order valence-corrected chi connectivity index (χ1v) is 10.4. The maximum atomic E-state index is 12.4. The number of hydrogen-bond donors (Lipinski definition) is 1. The molecule has 0 unspecified atom stereocenters. The van der Waals surface area contributed by atoms with Crippen LogP contribution in [0.4, 0.5) is 0 Å². The number of carboxylic acids is 1. The number of thioether (sulfide) groups is 1. The Labute approximate surface area is 166 Å². The Morgan fingerprint density at radius 2 is 1.92 bits per heavy atom. The Morgan fingerprint density at radius 3 is 2.50 bits per heavy atom. The monoisotopic (exact) mass is 414 g/mol. The van der Waals surface area contributed by atoms with Gasteiger partial charge in [-0.15, -0.1) is 23.1 Å². The van der Waals surface area contributed by atoms with E-state index in [2.05, 4.69) is 0 Å². The summed E-state index contributed by atoms with van der Waals surface area (Å²) in [5.74, 6) is -2.55. The second kappa shape index (κ2) is 7.79. The molecule has 4 nitrogen and oxygen atoms in total. The van der Waals surface area contributed by atoms with Gasteiger partial charge >= 0.3 is 11.9 Å². The van der Waals surface area contributed by atoms with Gasteiger partial charge in [-0.2, -0.15) is 0 Å². The van der Waals surface area contributed by atoms with Crippen molar-refractivity contribution >= 4 is 56.7 Å². The molecule has 1 N–H and O–H groups in total. The van der Waals surface area contributed by atoms with E-state index in [-0.39, 0.29) is 0 Å². The van der Waals surface area contributed by atoms with Gasteiger partial charge in [-0.25, -0.2) is 0 Å². The minimum Gasteiger partial charge on any atom is -0.481 e. The van der Waals surface area contributed by atoms with E-state index in [1.165, 1.54) is 11.8 Å². The molecule has 0 radical (unpaired) electrons. The molecular weight excluding hydrogens is 392 g/mol. The van der Waals surface area contributed by atoms with E-state index >= 15 is 0 Å². The van der Waals surface area contributed by atoms with Gasteiger partial charge in [0.15, 0.2) is 5.92 Å². The standard InChI is InChI=1S/C19H23ClO4S2/c1-18(2,3)24-17(23)15(16(21)22)19(4,5)26-10-11-9-25-14-7-6-12(20)8-13(11)14/h6-9,15H,10H2,1-5H3,(H,21,22)/t15-/m1/s1. The average molecular weight is 415 g/mol. The quantitative estimate of drug-likeness (QED) is 0.491. The van der Waals surface area contributed by atoms with Gasteiger partial charge in [-0.1, -0.05) is 11.6 Å². The molecule has 1 aromatic heterocycles. The van der Waals surface area contributed by atoms with Gasteiger partial charge in [0, 0.05) is 20.2 Å². The lowest BCUT2D eigenvalue weighted by Crippen LogP contribution is -2.43. The molecule has 2 rings (SSSR count). The predicted molar refractivity (Wildman–Crippen MR) is 109 cm³/mol. The molecule has 1 heterocycles. The van der Waals surface area contributed by atoms with Crippen LogP contribution in [0.5, 0.6) is 0 Å². The molecule has 26 heavy (non-hydrogen) atoms. The number of rotatable bonds is 6. The molecule has 0 bridgehead atoms. The van der Waals surface area contributed by atoms with E-state index in [0.29, 0.717) is 10.8 Å². The summed E-state index contributed by atoms with van der Waals surface area (Å²) in [6.45, 7) is 8.71. The molecule has 0 aliphatic carbocycles. The Kier molecular flexibility index (Phi) is 6.31. The van der Waals surface area contributed by atoms with Gasteiger partial charge < -0.3 is 9.84 Å². The fraction of sp³-hybridized carbons (Fsp3) is 0.474. The molecule has 7 heteroatoms. The SMILES string of the molecule is CC(C)(C)OC(=O)[C@@H](C(=O)O)C(C)(C)SCc1csc2ccc(Cl)cc12. The molecule has 0 fully saturated rings. The predicted octanol–water partition coefficient (Wildman–Crippen LogP) is 5.61. The number of carbonyl (C=O) groups is 2. The van der Waals surface area contributed by atoms with E-state index in [1.54, 1.807) is 46.0 Å². The molecule has 1 atom stereocenters. The first-order valence-electron chi connectivity index (χ1n) is 8.16. The third-order valence-electron chi connectivity index (χ3n) is 3.80. The number of hydrogen-bond acceptors (Lipinski definition) is 5. The van der Waals surface area contributed by atoms with E-state index in [1.807, 2.05) is 23.6 Å². The Bertz CT molecular complexity index is 821. The lowest BCUT2D eigenvalue weighted by molar-refractivity contribution is -0.167. The zero-order valence-electron chi connectivity index (χ0n) is 15.5. The zero-order valence-corrected chi connectivity index (χ0v) is 17.8. The van der Waals surface area contributed by atoms with Crippen molar-refractivity contribution in [3.8, 4) is 0 Å². The normalized spacial score (nSPS) is 13.6. The van der Waals surface area contributed by atoms with Crippen LogP contribution in [-0.4, -0.2) is 27.4 Å². The summed E-state index contributed by atoms with van der Waals surface area (Å²) < 4.78 is 5.62. The summed E-state index contributed by atoms with van der Waals surface area (Å²) in [6, 6.07) is 5.74. The number of fused-ring (bicyclic) bond motifs is 1. The van der Waals surface area contributed by atoms with Crippen molar-refractivity contribution in [2.75, 3.05) is 0 Å². The number of benzene rings is 1. The number of thiophene rings is 1. The lowest BCUT2D eigenvalue weighted by Gasteiger charge is -2.31. The summed E-state index contributed by atoms with van der Waals surface area (Å²) in [6.07, 6.45) is 0.